The fourth-order valence-corrected chi connectivity index (χ4v) is 2.22. The second kappa shape index (κ2) is 6.63. The van der Waals surface area contributed by atoms with Crippen LogP contribution in [-0.2, 0) is 20.2 Å². The number of hydrogen-bond acceptors (Lipinski definition) is 6. The van der Waals surface area contributed by atoms with Crippen LogP contribution in [0.5, 0.6) is 0 Å². The summed E-state index contributed by atoms with van der Waals surface area (Å²) in [5.74, 6) is -0.531. The summed E-state index contributed by atoms with van der Waals surface area (Å²) in [6.45, 7) is 11.8. The highest BCUT2D eigenvalue weighted by Gasteiger charge is 2.54. The molecule has 1 saturated heterocycles. The lowest BCUT2D eigenvalue weighted by Gasteiger charge is -2.32. The normalized spacial score (nSPS) is 19.1. The minimum Gasteiger partial charge on any atom is -0.444 e. The van der Waals surface area contributed by atoms with Crippen LogP contribution in [0.3, 0.4) is 0 Å². The summed E-state index contributed by atoms with van der Waals surface area (Å²) >= 11 is 0. The smallest absolute Gasteiger partial charge is 0.444 e. The van der Waals surface area contributed by atoms with Gasteiger partial charge < -0.3 is 14.0 Å². The molecular weight excluding hydrogens is 366 g/mol. The van der Waals surface area contributed by atoms with Gasteiger partial charge in [-0.3, -0.25) is 5.32 Å². The van der Waals surface area contributed by atoms with Crippen molar-refractivity contribution in [2.45, 2.75) is 71.4 Å². The molecule has 1 aliphatic rings. The van der Waals surface area contributed by atoms with Crippen LogP contribution in [0.15, 0.2) is 6.20 Å². The van der Waals surface area contributed by atoms with E-state index in [0.717, 1.165) is 6.20 Å². The molecule has 0 bridgehead atoms. The van der Waals surface area contributed by atoms with E-state index in [4.69, 9.17) is 14.0 Å². The van der Waals surface area contributed by atoms with Crippen molar-refractivity contribution in [2.24, 2.45) is 0 Å². The first-order valence-corrected chi connectivity index (χ1v) is 8.32. The molecule has 1 amide bonds. The molecule has 0 atom stereocenters. The maximum Gasteiger partial charge on any atom is 0.498 e. The van der Waals surface area contributed by atoms with Crippen LogP contribution >= 0.6 is 0 Å². The summed E-state index contributed by atoms with van der Waals surface area (Å²) in [7, 11) is -1.29. The molecule has 1 N–H and O–H groups in total. The molecule has 0 spiro atoms. The Morgan fingerprint density at radius 2 is 1.67 bits per heavy atom. The number of aromatic nitrogens is 2. The number of nitrogens with one attached hydrogen (secondary N) is 1. The monoisotopic (exact) mass is 389 g/mol. The molecule has 7 nitrogen and oxygen atoms in total. The number of ether oxygens (including phenoxy) is 1. The zero-order valence-electron chi connectivity index (χ0n) is 16.3. The SMILES string of the molecule is CC(C)(C)OC(=O)Nc1ncc(B2OC(C)(C)C(C)(C)O2)c(C(F)(F)F)n1. The topological polar surface area (TPSA) is 82.6 Å². The summed E-state index contributed by atoms with van der Waals surface area (Å²) in [5.41, 5.74) is -4.08. The van der Waals surface area contributed by atoms with Crippen LogP contribution in [0, 0.1) is 0 Å². The average Bonchev–Trinajstić information content (AvgIpc) is 2.64. The molecule has 2 rings (SSSR count). The first-order chi connectivity index (χ1) is 12.0. The predicted molar refractivity (Wildman–Crippen MR) is 92.6 cm³/mol. The lowest BCUT2D eigenvalue weighted by atomic mass is 9.78. The van der Waals surface area contributed by atoms with E-state index in [1.807, 2.05) is 0 Å². The van der Waals surface area contributed by atoms with Crippen LogP contribution in [-0.4, -0.2) is 40.0 Å². The van der Waals surface area contributed by atoms with Gasteiger partial charge in [0.1, 0.15) is 11.3 Å². The maximum atomic E-state index is 13.5. The fourth-order valence-electron chi connectivity index (χ4n) is 2.22. The van der Waals surface area contributed by atoms with Crippen LogP contribution < -0.4 is 10.8 Å². The number of alkyl halides is 3. The molecule has 1 aliphatic heterocycles. The van der Waals surface area contributed by atoms with E-state index in [2.05, 4.69) is 15.3 Å². The fraction of sp³-hybridized carbons (Fsp3) is 0.688. The van der Waals surface area contributed by atoms with Gasteiger partial charge in [-0.15, -0.1) is 0 Å². The molecule has 2 heterocycles. The summed E-state index contributed by atoms with van der Waals surface area (Å²) in [6.07, 6.45) is -4.82. The number of rotatable bonds is 2. The molecule has 1 aromatic rings. The highest BCUT2D eigenvalue weighted by molar-refractivity contribution is 6.62. The highest BCUT2D eigenvalue weighted by Crippen LogP contribution is 2.37. The number of nitrogens with zero attached hydrogens (tertiary/aromatic N) is 2. The molecule has 0 saturated carbocycles. The first kappa shape index (κ1) is 21.4. The van der Waals surface area contributed by atoms with Gasteiger partial charge in [0, 0.05) is 11.7 Å². The Labute approximate surface area is 156 Å². The molecule has 0 radical (unpaired) electrons. The predicted octanol–water partition coefficient (Wildman–Crippen LogP) is 3.14. The van der Waals surface area contributed by atoms with Crippen molar-refractivity contribution in [1.29, 1.82) is 0 Å². The van der Waals surface area contributed by atoms with E-state index in [-0.39, 0.29) is 5.46 Å². The molecule has 0 unspecified atom stereocenters. The van der Waals surface area contributed by atoms with Crippen molar-refractivity contribution < 1.29 is 32.0 Å². The van der Waals surface area contributed by atoms with Crippen molar-refractivity contribution >= 4 is 24.6 Å². The molecule has 11 heteroatoms. The third-order valence-corrected chi connectivity index (χ3v) is 4.21. The molecule has 150 valence electrons. The third kappa shape index (κ3) is 4.89. The van der Waals surface area contributed by atoms with Gasteiger partial charge >= 0.3 is 19.4 Å². The Morgan fingerprint density at radius 3 is 2.11 bits per heavy atom. The van der Waals surface area contributed by atoms with Gasteiger partial charge in [0.25, 0.3) is 0 Å². The summed E-state index contributed by atoms with van der Waals surface area (Å²) in [5, 5.41) is 2.10. The van der Waals surface area contributed by atoms with E-state index in [9.17, 15) is 18.0 Å². The van der Waals surface area contributed by atoms with Crippen LogP contribution in [0.2, 0.25) is 0 Å². The molecular formula is C16H23BF3N3O4. The third-order valence-electron chi connectivity index (χ3n) is 4.21. The van der Waals surface area contributed by atoms with E-state index in [1.165, 1.54) is 0 Å². The number of anilines is 1. The summed E-state index contributed by atoms with van der Waals surface area (Å²) < 4.78 is 56.9. The Balaban J connectivity index is 2.34. The Hall–Kier alpha value is -1.88. The summed E-state index contributed by atoms with van der Waals surface area (Å²) in [4.78, 5) is 19.0. The zero-order valence-corrected chi connectivity index (χ0v) is 16.3. The Kier molecular flexibility index (Phi) is 5.26. The quantitative estimate of drug-likeness (QED) is 0.783. The number of carbonyl (C=O) groups is 1. The largest absolute Gasteiger partial charge is 0.498 e. The number of amides is 1. The molecule has 1 aromatic heterocycles. The van der Waals surface area contributed by atoms with Crippen LogP contribution in [0.1, 0.15) is 54.2 Å². The van der Waals surface area contributed by atoms with Gasteiger partial charge in [-0.25, -0.2) is 14.8 Å². The lowest BCUT2D eigenvalue weighted by Crippen LogP contribution is -2.41. The number of halogens is 3. The Morgan fingerprint density at radius 1 is 1.15 bits per heavy atom. The van der Waals surface area contributed by atoms with Gasteiger partial charge in [-0.2, -0.15) is 13.2 Å². The number of hydrogen-bond donors (Lipinski definition) is 1. The van der Waals surface area contributed by atoms with Crippen molar-refractivity contribution in [1.82, 2.24) is 9.97 Å². The van der Waals surface area contributed by atoms with Crippen molar-refractivity contribution in [3.63, 3.8) is 0 Å². The minimum absolute atomic E-state index is 0.365. The second-order valence-corrected chi connectivity index (χ2v) is 8.21. The number of carbonyl (C=O) groups excluding carboxylic acids is 1. The average molecular weight is 389 g/mol. The van der Waals surface area contributed by atoms with Crippen molar-refractivity contribution in [3.05, 3.63) is 11.9 Å². The van der Waals surface area contributed by atoms with Gasteiger partial charge in [-0.05, 0) is 48.5 Å². The molecule has 0 aromatic carbocycles. The van der Waals surface area contributed by atoms with E-state index in [0.29, 0.717) is 0 Å². The lowest BCUT2D eigenvalue weighted by molar-refractivity contribution is -0.140. The highest BCUT2D eigenvalue weighted by atomic mass is 19.4. The standard InChI is InChI=1S/C16H23BF3N3O4/c1-13(2,3)25-12(24)23-11-21-8-9(10(22-11)16(18,19)20)17-26-14(4,5)15(6,7)27-17/h8H,1-7H3,(H,21,22,23,24). The van der Waals surface area contributed by atoms with Gasteiger partial charge in [0.2, 0.25) is 5.95 Å². The molecule has 27 heavy (non-hydrogen) atoms. The molecule has 0 aliphatic carbocycles. The Bertz CT molecular complexity index is 717. The van der Waals surface area contributed by atoms with E-state index >= 15 is 0 Å². The van der Waals surface area contributed by atoms with Crippen LogP contribution in [0.25, 0.3) is 0 Å². The van der Waals surface area contributed by atoms with Crippen molar-refractivity contribution in [3.8, 4) is 0 Å². The summed E-state index contributed by atoms with van der Waals surface area (Å²) in [6, 6.07) is 0. The molecule has 1 fully saturated rings. The van der Waals surface area contributed by atoms with Crippen molar-refractivity contribution in [2.75, 3.05) is 5.32 Å². The van der Waals surface area contributed by atoms with E-state index < -0.39 is 47.8 Å². The first-order valence-electron chi connectivity index (χ1n) is 8.32. The van der Waals surface area contributed by atoms with Crippen LogP contribution in [0.4, 0.5) is 23.9 Å². The second-order valence-electron chi connectivity index (χ2n) is 8.21. The minimum atomic E-state index is -4.80. The van der Waals surface area contributed by atoms with Gasteiger partial charge in [0.05, 0.1) is 11.2 Å². The van der Waals surface area contributed by atoms with Gasteiger partial charge in [0.15, 0.2) is 0 Å². The zero-order chi connectivity index (χ0) is 20.8. The van der Waals surface area contributed by atoms with Gasteiger partial charge in [-0.1, -0.05) is 0 Å². The van der Waals surface area contributed by atoms with E-state index in [1.54, 1.807) is 48.5 Å². The maximum absolute atomic E-state index is 13.5.